The highest BCUT2D eigenvalue weighted by Gasteiger charge is 2.25. The number of rotatable bonds is 9. The Morgan fingerprint density at radius 3 is 2.50 bits per heavy atom. The zero-order chi connectivity index (χ0) is 21.5. The second-order valence-electron chi connectivity index (χ2n) is 6.48. The number of methoxy groups -OCH3 is 1. The van der Waals surface area contributed by atoms with E-state index in [0.29, 0.717) is 40.2 Å². The number of hydrogen-bond acceptors (Lipinski definition) is 7. The Balaban J connectivity index is 1.92. The molecule has 1 atom stereocenters. The molecular weight excluding hydrogens is 388 g/mol. The molecule has 0 aliphatic heterocycles. The van der Waals surface area contributed by atoms with Crippen molar-refractivity contribution in [2.24, 2.45) is 0 Å². The molecule has 158 valence electrons. The number of fused-ring (bicyclic) bond motifs is 1. The van der Waals surface area contributed by atoms with Crippen molar-refractivity contribution in [1.82, 2.24) is 0 Å². The first-order valence-electron chi connectivity index (χ1n) is 9.62. The molecule has 0 saturated heterocycles. The van der Waals surface area contributed by atoms with Crippen molar-refractivity contribution in [1.29, 1.82) is 0 Å². The first-order chi connectivity index (χ1) is 14.5. The minimum atomic E-state index is -0.936. The SMILES string of the molecule is CCOC(=O)[C@H](Oc1ccc2oc(C)c(C(=O)OCCOC)c2c1)c1ccccc1. The first-order valence-corrected chi connectivity index (χ1v) is 9.62. The fourth-order valence-electron chi connectivity index (χ4n) is 3.05. The molecule has 0 amide bonds. The summed E-state index contributed by atoms with van der Waals surface area (Å²) in [7, 11) is 1.53. The number of esters is 2. The zero-order valence-corrected chi connectivity index (χ0v) is 17.2. The van der Waals surface area contributed by atoms with Gasteiger partial charge in [0, 0.05) is 18.1 Å². The molecule has 1 heterocycles. The summed E-state index contributed by atoms with van der Waals surface area (Å²) in [5.41, 5.74) is 1.50. The molecule has 0 N–H and O–H groups in total. The lowest BCUT2D eigenvalue weighted by Gasteiger charge is -2.18. The Hall–Kier alpha value is -3.32. The van der Waals surface area contributed by atoms with Crippen LogP contribution in [0.1, 0.15) is 34.7 Å². The third-order valence-electron chi connectivity index (χ3n) is 4.42. The molecule has 0 radical (unpaired) electrons. The average molecular weight is 412 g/mol. The van der Waals surface area contributed by atoms with Crippen molar-refractivity contribution in [2.75, 3.05) is 26.9 Å². The molecule has 3 rings (SSSR count). The van der Waals surface area contributed by atoms with Crippen LogP contribution in [0.2, 0.25) is 0 Å². The molecule has 7 nitrogen and oxygen atoms in total. The standard InChI is InChI=1S/C23H24O7/c1-4-27-23(25)21(16-8-6-5-7-9-16)30-17-10-11-19-18(14-17)20(15(2)29-19)22(24)28-13-12-26-3/h5-11,14,21H,4,12-13H2,1-3H3/t21-/m1/s1. The lowest BCUT2D eigenvalue weighted by atomic mass is 10.1. The Bertz CT molecular complexity index is 1010. The molecule has 0 aliphatic rings. The molecule has 0 spiro atoms. The Morgan fingerprint density at radius 2 is 1.80 bits per heavy atom. The average Bonchev–Trinajstić information content (AvgIpc) is 3.08. The Kier molecular flexibility index (Phi) is 7.08. The molecule has 0 bridgehead atoms. The first kappa shape index (κ1) is 21.4. The molecule has 0 unspecified atom stereocenters. The fourth-order valence-corrected chi connectivity index (χ4v) is 3.05. The minimum Gasteiger partial charge on any atom is -0.474 e. The molecule has 3 aromatic rings. The van der Waals surface area contributed by atoms with Gasteiger partial charge in [0.25, 0.3) is 0 Å². The molecule has 1 aromatic heterocycles. The van der Waals surface area contributed by atoms with Crippen molar-refractivity contribution < 1.29 is 33.0 Å². The third-order valence-corrected chi connectivity index (χ3v) is 4.42. The van der Waals surface area contributed by atoms with Gasteiger partial charge in [-0.25, -0.2) is 9.59 Å². The summed E-state index contributed by atoms with van der Waals surface area (Å²) in [5.74, 6) is -0.164. The maximum Gasteiger partial charge on any atom is 0.352 e. The van der Waals surface area contributed by atoms with Gasteiger partial charge < -0.3 is 23.4 Å². The quantitative estimate of drug-likeness (QED) is 0.384. The van der Waals surface area contributed by atoms with E-state index in [-0.39, 0.29) is 13.2 Å². The van der Waals surface area contributed by atoms with Crippen LogP contribution in [0.15, 0.2) is 52.9 Å². The van der Waals surface area contributed by atoms with E-state index in [1.165, 1.54) is 7.11 Å². The van der Waals surface area contributed by atoms with E-state index < -0.39 is 18.0 Å². The highest BCUT2D eigenvalue weighted by atomic mass is 16.6. The predicted molar refractivity (Wildman–Crippen MR) is 110 cm³/mol. The zero-order valence-electron chi connectivity index (χ0n) is 17.2. The van der Waals surface area contributed by atoms with E-state index in [1.54, 1.807) is 44.2 Å². The van der Waals surface area contributed by atoms with Crippen LogP contribution in [-0.2, 0) is 19.0 Å². The molecule has 0 saturated carbocycles. The number of carbonyl (C=O) groups is 2. The number of furan rings is 1. The van der Waals surface area contributed by atoms with Crippen LogP contribution >= 0.6 is 0 Å². The van der Waals surface area contributed by atoms with Gasteiger partial charge >= 0.3 is 11.9 Å². The topological polar surface area (TPSA) is 84.2 Å². The molecule has 0 aliphatic carbocycles. The van der Waals surface area contributed by atoms with Gasteiger partial charge in [0.15, 0.2) is 0 Å². The largest absolute Gasteiger partial charge is 0.474 e. The summed E-state index contributed by atoms with van der Waals surface area (Å²) in [6, 6.07) is 14.1. The lowest BCUT2D eigenvalue weighted by Crippen LogP contribution is -2.21. The Morgan fingerprint density at radius 1 is 1.03 bits per heavy atom. The number of benzene rings is 2. The van der Waals surface area contributed by atoms with E-state index in [1.807, 2.05) is 18.2 Å². The van der Waals surface area contributed by atoms with Gasteiger partial charge in [0.05, 0.1) is 13.2 Å². The molecular formula is C23H24O7. The van der Waals surface area contributed by atoms with E-state index in [0.717, 1.165) is 0 Å². The number of hydrogen-bond donors (Lipinski definition) is 0. The normalized spacial score (nSPS) is 11.8. The summed E-state index contributed by atoms with van der Waals surface area (Å²) in [6.45, 7) is 4.10. The number of ether oxygens (including phenoxy) is 4. The number of aryl methyl sites for hydroxylation is 1. The summed E-state index contributed by atoms with van der Waals surface area (Å²) >= 11 is 0. The monoisotopic (exact) mass is 412 g/mol. The van der Waals surface area contributed by atoms with Gasteiger partial charge in [0.1, 0.15) is 29.3 Å². The maximum absolute atomic E-state index is 12.5. The molecule has 2 aromatic carbocycles. The van der Waals surface area contributed by atoms with Crippen LogP contribution in [0.25, 0.3) is 11.0 Å². The van der Waals surface area contributed by atoms with Gasteiger partial charge in [-0.2, -0.15) is 0 Å². The van der Waals surface area contributed by atoms with Crippen LogP contribution in [0.3, 0.4) is 0 Å². The fraction of sp³-hybridized carbons (Fsp3) is 0.304. The van der Waals surface area contributed by atoms with Gasteiger partial charge in [-0.15, -0.1) is 0 Å². The van der Waals surface area contributed by atoms with Crippen molar-refractivity contribution in [2.45, 2.75) is 20.0 Å². The second kappa shape index (κ2) is 9.93. The predicted octanol–water partition coefficient (Wildman–Crippen LogP) is 4.23. The van der Waals surface area contributed by atoms with Crippen molar-refractivity contribution in [3.63, 3.8) is 0 Å². The Labute approximate surface area is 174 Å². The van der Waals surface area contributed by atoms with E-state index in [2.05, 4.69) is 0 Å². The van der Waals surface area contributed by atoms with Crippen LogP contribution in [0, 0.1) is 6.92 Å². The van der Waals surface area contributed by atoms with E-state index in [4.69, 9.17) is 23.4 Å². The summed E-state index contributed by atoms with van der Waals surface area (Å²) in [5, 5.41) is 0.545. The molecule has 30 heavy (non-hydrogen) atoms. The smallest absolute Gasteiger partial charge is 0.352 e. The highest BCUT2D eigenvalue weighted by Crippen LogP contribution is 2.32. The van der Waals surface area contributed by atoms with Crippen molar-refractivity contribution in [3.05, 3.63) is 65.4 Å². The van der Waals surface area contributed by atoms with Gasteiger partial charge in [-0.3, -0.25) is 0 Å². The van der Waals surface area contributed by atoms with Gasteiger partial charge in [-0.05, 0) is 32.0 Å². The third kappa shape index (κ3) is 4.80. The number of carbonyl (C=O) groups excluding carboxylic acids is 2. The maximum atomic E-state index is 12.5. The second-order valence-corrected chi connectivity index (χ2v) is 6.48. The molecule has 0 fully saturated rings. The van der Waals surface area contributed by atoms with Crippen molar-refractivity contribution in [3.8, 4) is 5.75 Å². The van der Waals surface area contributed by atoms with E-state index in [9.17, 15) is 9.59 Å². The summed E-state index contributed by atoms with van der Waals surface area (Å²) in [4.78, 5) is 25.0. The van der Waals surface area contributed by atoms with Crippen LogP contribution < -0.4 is 4.74 Å². The van der Waals surface area contributed by atoms with Crippen LogP contribution in [-0.4, -0.2) is 38.9 Å². The summed E-state index contributed by atoms with van der Waals surface area (Å²) in [6.07, 6.45) is -0.936. The van der Waals surface area contributed by atoms with Crippen LogP contribution in [0.4, 0.5) is 0 Å². The van der Waals surface area contributed by atoms with Gasteiger partial charge in [-0.1, -0.05) is 30.3 Å². The van der Waals surface area contributed by atoms with E-state index >= 15 is 0 Å². The van der Waals surface area contributed by atoms with Crippen LogP contribution in [0.5, 0.6) is 5.75 Å². The lowest BCUT2D eigenvalue weighted by molar-refractivity contribution is -0.151. The van der Waals surface area contributed by atoms with Crippen molar-refractivity contribution >= 4 is 22.9 Å². The molecule has 7 heteroatoms. The van der Waals surface area contributed by atoms with Gasteiger partial charge in [0.2, 0.25) is 6.10 Å². The minimum absolute atomic E-state index is 0.135. The summed E-state index contributed by atoms with van der Waals surface area (Å²) < 4.78 is 27.0. The highest BCUT2D eigenvalue weighted by molar-refractivity contribution is 6.04.